The van der Waals surface area contributed by atoms with Gasteiger partial charge in [-0.2, -0.15) is 0 Å². The summed E-state index contributed by atoms with van der Waals surface area (Å²) in [6.45, 7) is 0. The highest BCUT2D eigenvalue weighted by atomic mass is 32.1. The maximum absolute atomic E-state index is 13.8. The fraction of sp³-hybridized carbons (Fsp3) is 0. The number of nitrogens with one attached hydrogen (secondary N) is 1. The molecule has 4 aromatic rings. The van der Waals surface area contributed by atoms with Crippen LogP contribution in [0.2, 0.25) is 0 Å². The van der Waals surface area contributed by atoms with Crippen LogP contribution in [0.3, 0.4) is 0 Å². The smallest absolute Gasteiger partial charge is 0.188 e. The minimum absolute atomic E-state index is 0.247. The lowest BCUT2D eigenvalue weighted by molar-refractivity contribution is 0.631. The van der Waals surface area contributed by atoms with Crippen LogP contribution in [0.15, 0.2) is 54.6 Å². The second-order valence-electron chi connectivity index (χ2n) is 4.87. The van der Waals surface area contributed by atoms with Crippen molar-refractivity contribution in [2.75, 3.05) is 5.32 Å². The number of thiazole rings is 1. The summed E-state index contributed by atoms with van der Waals surface area (Å²) in [6.07, 6.45) is 0. The molecule has 4 rings (SSSR count). The first-order chi connectivity index (χ1) is 11.2. The Morgan fingerprint density at radius 2 is 1.65 bits per heavy atom. The van der Waals surface area contributed by atoms with Gasteiger partial charge in [0.1, 0.15) is 17.2 Å². The van der Waals surface area contributed by atoms with Crippen molar-refractivity contribution in [1.29, 1.82) is 0 Å². The van der Waals surface area contributed by atoms with E-state index in [0.717, 1.165) is 14.6 Å². The van der Waals surface area contributed by atoms with Crippen LogP contribution in [0.25, 0.3) is 20.7 Å². The second kappa shape index (κ2) is 5.72. The Hall–Kier alpha value is -2.31. The van der Waals surface area contributed by atoms with E-state index in [-0.39, 0.29) is 11.6 Å². The topological polar surface area (TPSA) is 24.9 Å². The summed E-state index contributed by atoms with van der Waals surface area (Å²) in [5.74, 6) is -0.576. The second-order valence-corrected chi connectivity index (χ2v) is 6.99. The molecule has 6 heteroatoms. The number of thiophene rings is 1. The van der Waals surface area contributed by atoms with E-state index in [2.05, 4.69) is 10.3 Å². The van der Waals surface area contributed by atoms with Gasteiger partial charge in [-0.3, -0.25) is 0 Å². The van der Waals surface area contributed by atoms with Gasteiger partial charge >= 0.3 is 0 Å². The van der Waals surface area contributed by atoms with Gasteiger partial charge in [0.25, 0.3) is 0 Å². The summed E-state index contributed by atoms with van der Waals surface area (Å²) >= 11 is 2.82. The summed E-state index contributed by atoms with van der Waals surface area (Å²) in [7, 11) is 0. The molecule has 0 radical (unpaired) electrons. The Labute approximate surface area is 139 Å². The maximum Gasteiger partial charge on any atom is 0.188 e. The Morgan fingerprint density at radius 1 is 0.826 bits per heavy atom. The number of nitrogens with zero attached hydrogens (tertiary/aromatic N) is 1. The summed E-state index contributed by atoms with van der Waals surface area (Å²) in [5, 5.41) is 4.62. The molecular formula is C17H10F2N2S2. The van der Waals surface area contributed by atoms with E-state index in [4.69, 9.17) is 0 Å². The van der Waals surface area contributed by atoms with Crippen LogP contribution in [0.5, 0.6) is 0 Å². The molecule has 0 amide bonds. The first-order valence-electron chi connectivity index (χ1n) is 6.87. The average molecular weight is 344 g/mol. The number of hydrogen-bond acceptors (Lipinski definition) is 4. The summed E-state index contributed by atoms with van der Waals surface area (Å²) < 4.78 is 28.3. The zero-order valence-corrected chi connectivity index (χ0v) is 13.3. The Balaban J connectivity index is 1.64. The number of rotatable bonds is 3. The fourth-order valence-corrected chi connectivity index (χ4v) is 4.17. The maximum atomic E-state index is 13.8. The third kappa shape index (κ3) is 2.71. The van der Waals surface area contributed by atoms with Gasteiger partial charge < -0.3 is 5.32 Å². The van der Waals surface area contributed by atoms with Crippen molar-refractivity contribution in [3.63, 3.8) is 0 Å². The van der Waals surface area contributed by atoms with E-state index < -0.39 is 0 Å². The molecule has 2 heterocycles. The monoisotopic (exact) mass is 344 g/mol. The molecule has 0 bridgehead atoms. The SMILES string of the molecule is Fc1ccccc1-c1ccc(Nc2nc3c(F)cccc3s2)s1. The van der Waals surface area contributed by atoms with Crippen molar-refractivity contribution in [3.05, 3.63) is 66.2 Å². The number of halogens is 2. The number of benzene rings is 2. The van der Waals surface area contributed by atoms with E-state index in [1.165, 1.54) is 34.8 Å². The van der Waals surface area contributed by atoms with Gasteiger partial charge in [-0.05, 0) is 30.3 Å². The Bertz CT molecular complexity index is 991. The van der Waals surface area contributed by atoms with Crippen molar-refractivity contribution in [2.24, 2.45) is 0 Å². The van der Waals surface area contributed by atoms with Crippen LogP contribution in [0, 0.1) is 11.6 Å². The van der Waals surface area contributed by atoms with E-state index in [9.17, 15) is 8.78 Å². The predicted molar refractivity (Wildman–Crippen MR) is 92.6 cm³/mol. The molecule has 0 unspecified atom stereocenters. The number of para-hydroxylation sites is 1. The average Bonchev–Trinajstić information content (AvgIpc) is 3.16. The molecule has 0 saturated carbocycles. The molecule has 1 N–H and O–H groups in total. The number of aromatic nitrogens is 1. The molecule has 0 atom stereocenters. The molecule has 2 nitrogen and oxygen atoms in total. The summed E-state index contributed by atoms with van der Waals surface area (Å²) in [4.78, 5) is 5.10. The molecule has 114 valence electrons. The van der Waals surface area contributed by atoms with Gasteiger partial charge in [0.05, 0.1) is 9.70 Å². The highest BCUT2D eigenvalue weighted by Gasteiger charge is 2.11. The van der Waals surface area contributed by atoms with Gasteiger partial charge in [0, 0.05) is 10.4 Å². The minimum Gasteiger partial charge on any atom is -0.323 e. The molecule has 0 spiro atoms. The molecular weight excluding hydrogens is 334 g/mol. The minimum atomic E-state index is -0.329. The standard InChI is InChI=1S/C17H10F2N2S2/c18-11-5-2-1-4-10(11)13-8-9-15(22-13)20-17-21-16-12(19)6-3-7-14(16)23-17/h1-9H,(H,20,21). The molecule has 0 aliphatic carbocycles. The highest BCUT2D eigenvalue weighted by molar-refractivity contribution is 7.23. The van der Waals surface area contributed by atoms with Gasteiger partial charge in [-0.1, -0.05) is 35.6 Å². The van der Waals surface area contributed by atoms with Crippen LogP contribution in [-0.2, 0) is 0 Å². The van der Waals surface area contributed by atoms with Crippen LogP contribution >= 0.6 is 22.7 Å². The van der Waals surface area contributed by atoms with E-state index in [0.29, 0.717) is 16.2 Å². The van der Waals surface area contributed by atoms with Gasteiger partial charge in [-0.15, -0.1) is 11.3 Å². The molecule has 0 fully saturated rings. The number of anilines is 2. The summed E-state index contributed by atoms with van der Waals surface area (Å²) in [5.41, 5.74) is 0.937. The quantitative estimate of drug-likeness (QED) is 0.489. The Kier molecular flexibility index (Phi) is 3.55. The zero-order valence-electron chi connectivity index (χ0n) is 11.7. The van der Waals surface area contributed by atoms with Crippen molar-refractivity contribution in [2.45, 2.75) is 0 Å². The Morgan fingerprint density at radius 3 is 2.48 bits per heavy atom. The van der Waals surface area contributed by atoms with Gasteiger partial charge in [0.2, 0.25) is 0 Å². The van der Waals surface area contributed by atoms with Crippen LogP contribution in [0.1, 0.15) is 0 Å². The van der Waals surface area contributed by atoms with Crippen LogP contribution in [-0.4, -0.2) is 4.98 Å². The van der Waals surface area contributed by atoms with Crippen molar-refractivity contribution >= 4 is 43.0 Å². The first kappa shape index (κ1) is 14.3. The zero-order chi connectivity index (χ0) is 15.8. The number of fused-ring (bicyclic) bond motifs is 1. The fourth-order valence-electron chi connectivity index (χ4n) is 2.28. The van der Waals surface area contributed by atoms with Crippen molar-refractivity contribution in [1.82, 2.24) is 4.98 Å². The highest BCUT2D eigenvalue weighted by Crippen LogP contribution is 2.36. The van der Waals surface area contributed by atoms with E-state index >= 15 is 0 Å². The lowest BCUT2D eigenvalue weighted by Crippen LogP contribution is -1.85. The molecule has 23 heavy (non-hydrogen) atoms. The molecule has 0 saturated heterocycles. The summed E-state index contributed by atoms with van der Waals surface area (Å²) in [6, 6.07) is 15.3. The van der Waals surface area contributed by atoms with Crippen molar-refractivity contribution < 1.29 is 8.78 Å². The third-order valence-electron chi connectivity index (χ3n) is 3.35. The normalized spacial score (nSPS) is 11.0. The largest absolute Gasteiger partial charge is 0.323 e. The third-order valence-corrected chi connectivity index (χ3v) is 5.32. The molecule has 0 aliphatic heterocycles. The van der Waals surface area contributed by atoms with Crippen LogP contribution < -0.4 is 5.32 Å². The first-order valence-corrected chi connectivity index (χ1v) is 8.51. The van der Waals surface area contributed by atoms with E-state index in [1.54, 1.807) is 18.2 Å². The predicted octanol–water partition coefficient (Wildman–Crippen LogP) is 6.05. The van der Waals surface area contributed by atoms with Crippen LogP contribution in [0.4, 0.5) is 18.9 Å². The molecule has 2 aromatic heterocycles. The number of hydrogen-bond donors (Lipinski definition) is 1. The lowest BCUT2D eigenvalue weighted by Gasteiger charge is -1.99. The molecule has 2 aromatic carbocycles. The van der Waals surface area contributed by atoms with Crippen molar-refractivity contribution in [3.8, 4) is 10.4 Å². The van der Waals surface area contributed by atoms with Gasteiger partial charge in [0.15, 0.2) is 5.13 Å². The molecule has 0 aliphatic rings. The lowest BCUT2D eigenvalue weighted by atomic mass is 10.2. The van der Waals surface area contributed by atoms with E-state index in [1.807, 2.05) is 24.3 Å². The van der Waals surface area contributed by atoms with Gasteiger partial charge in [-0.25, -0.2) is 13.8 Å².